The molecule has 0 saturated carbocycles. The number of unbranched alkanes of at least 4 members (excludes halogenated alkanes) is 68. The number of carbonyl (C=O) groups excluding carboxylic acids is 2. The second-order valence-electron chi connectivity index (χ2n) is 29.5. The number of hydrogen-bond acceptors (Lipinski definition) is 5. The van der Waals surface area contributed by atoms with Crippen LogP contribution in [0.2, 0.25) is 0 Å². The Labute approximate surface area is 571 Å². The van der Waals surface area contributed by atoms with Gasteiger partial charge in [0.25, 0.3) is 0 Å². The summed E-state index contributed by atoms with van der Waals surface area (Å²) >= 11 is 0. The molecule has 0 aromatic rings. The molecule has 0 rings (SSSR count). The lowest BCUT2D eigenvalue weighted by Gasteiger charge is -2.22. The summed E-state index contributed by atoms with van der Waals surface area (Å²) < 4.78 is 5.51. The molecule has 0 bridgehead atoms. The largest absolute Gasteiger partial charge is 0.466 e. The molecule has 0 aliphatic heterocycles. The molecule has 1 amide bonds. The second-order valence-corrected chi connectivity index (χ2v) is 29.5. The summed E-state index contributed by atoms with van der Waals surface area (Å²) in [6.45, 7) is 5.01. The number of esters is 1. The normalized spacial score (nSPS) is 12.4. The molecule has 0 aliphatic rings. The van der Waals surface area contributed by atoms with Gasteiger partial charge in [0.05, 0.1) is 25.4 Å². The minimum absolute atomic E-state index is 0.0207. The Morgan fingerprint density at radius 1 is 0.297 bits per heavy atom. The van der Waals surface area contributed by atoms with Gasteiger partial charge in [-0.2, -0.15) is 0 Å². The third-order valence-electron chi connectivity index (χ3n) is 20.3. The molecule has 0 radical (unpaired) electrons. The van der Waals surface area contributed by atoms with E-state index in [2.05, 4.69) is 31.3 Å². The highest BCUT2D eigenvalue weighted by atomic mass is 16.5. The zero-order valence-corrected chi connectivity index (χ0v) is 62.4. The fourth-order valence-corrected chi connectivity index (χ4v) is 13.9. The SMILES string of the molecule is CCCCCCCC/C=C\CCCCCCCCCC(=O)OCCCCCCCCCCCCCCCCCCCCCCCCCCCCCCCCCCCCCC(=O)NC(CO)C(O)CCCCCCCCCCCCCCCCCCCCCCCC. The van der Waals surface area contributed by atoms with Crippen molar-refractivity contribution in [2.45, 2.75) is 508 Å². The topological polar surface area (TPSA) is 95.9 Å². The Bertz CT molecular complexity index is 1380. The Hall–Kier alpha value is -1.40. The molecule has 6 nitrogen and oxygen atoms in total. The van der Waals surface area contributed by atoms with E-state index < -0.39 is 12.1 Å². The summed E-state index contributed by atoms with van der Waals surface area (Å²) in [6.07, 6.45) is 103. The first-order valence-electron chi connectivity index (χ1n) is 42.4. The van der Waals surface area contributed by atoms with Gasteiger partial charge in [0, 0.05) is 12.8 Å². The molecule has 3 N–H and O–H groups in total. The van der Waals surface area contributed by atoms with Gasteiger partial charge in [0.2, 0.25) is 5.91 Å². The molecular weight excluding hydrogens is 1110 g/mol. The quantitative estimate of drug-likeness (QED) is 0.0320. The van der Waals surface area contributed by atoms with Crippen molar-refractivity contribution < 1.29 is 24.5 Å². The van der Waals surface area contributed by atoms with E-state index in [9.17, 15) is 19.8 Å². The smallest absolute Gasteiger partial charge is 0.305 e. The van der Waals surface area contributed by atoms with Gasteiger partial charge in [0.1, 0.15) is 0 Å². The van der Waals surface area contributed by atoms with E-state index in [1.165, 1.54) is 424 Å². The van der Waals surface area contributed by atoms with Crippen molar-refractivity contribution in [3.63, 3.8) is 0 Å². The molecule has 0 fully saturated rings. The monoisotopic (exact) mass is 1280 g/mol. The van der Waals surface area contributed by atoms with Crippen molar-refractivity contribution in [3.8, 4) is 0 Å². The zero-order valence-electron chi connectivity index (χ0n) is 62.4. The molecule has 0 heterocycles. The molecule has 0 spiro atoms. The first-order chi connectivity index (χ1) is 45.0. The lowest BCUT2D eigenvalue weighted by atomic mass is 10.0. The van der Waals surface area contributed by atoms with Gasteiger partial charge in [-0.05, 0) is 51.4 Å². The third-order valence-corrected chi connectivity index (χ3v) is 20.3. The number of ether oxygens (including phenoxy) is 1. The summed E-state index contributed by atoms with van der Waals surface area (Å²) in [5.74, 6) is -0.00274. The van der Waals surface area contributed by atoms with Crippen LogP contribution in [0.25, 0.3) is 0 Å². The molecule has 6 heteroatoms. The van der Waals surface area contributed by atoms with Crippen LogP contribution in [0.3, 0.4) is 0 Å². The van der Waals surface area contributed by atoms with Gasteiger partial charge in [-0.1, -0.05) is 443 Å². The van der Waals surface area contributed by atoms with Gasteiger partial charge in [-0.3, -0.25) is 9.59 Å². The number of allylic oxidation sites excluding steroid dienone is 2. The van der Waals surface area contributed by atoms with Crippen molar-refractivity contribution in [1.29, 1.82) is 0 Å². The number of hydrogen-bond donors (Lipinski definition) is 3. The third kappa shape index (κ3) is 77.5. The van der Waals surface area contributed by atoms with Crippen LogP contribution in [0, 0.1) is 0 Å². The van der Waals surface area contributed by atoms with E-state index in [4.69, 9.17) is 4.74 Å². The highest BCUT2D eigenvalue weighted by molar-refractivity contribution is 5.76. The molecule has 0 aromatic heterocycles. The van der Waals surface area contributed by atoms with Crippen molar-refractivity contribution in [1.82, 2.24) is 5.32 Å². The van der Waals surface area contributed by atoms with Crippen LogP contribution in [-0.4, -0.2) is 47.4 Å². The Morgan fingerprint density at radius 2 is 0.516 bits per heavy atom. The van der Waals surface area contributed by atoms with Crippen molar-refractivity contribution in [3.05, 3.63) is 12.2 Å². The highest BCUT2D eigenvalue weighted by Crippen LogP contribution is 2.21. The minimum Gasteiger partial charge on any atom is -0.466 e. The van der Waals surface area contributed by atoms with E-state index in [-0.39, 0.29) is 18.5 Å². The maximum Gasteiger partial charge on any atom is 0.305 e. The average Bonchev–Trinajstić information content (AvgIpc) is 3.59. The van der Waals surface area contributed by atoms with Crippen LogP contribution in [0.5, 0.6) is 0 Å². The van der Waals surface area contributed by atoms with Crippen LogP contribution in [0.15, 0.2) is 12.2 Å². The van der Waals surface area contributed by atoms with Crippen molar-refractivity contribution >= 4 is 11.9 Å². The molecular formula is C85H167NO5. The van der Waals surface area contributed by atoms with Crippen LogP contribution in [0.4, 0.5) is 0 Å². The number of carbonyl (C=O) groups is 2. The number of nitrogens with one attached hydrogen (secondary N) is 1. The van der Waals surface area contributed by atoms with E-state index >= 15 is 0 Å². The fourth-order valence-electron chi connectivity index (χ4n) is 13.9. The van der Waals surface area contributed by atoms with Crippen LogP contribution < -0.4 is 5.32 Å². The average molecular weight is 1280 g/mol. The molecule has 2 atom stereocenters. The molecule has 91 heavy (non-hydrogen) atoms. The van der Waals surface area contributed by atoms with Gasteiger partial charge in [-0.25, -0.2) is 0 Å². The first kappa shape index (κ1) is 89.6. The van der Waals surface area contributed by atoms with E-state index in [0.717, 1.165) is 38.5 Å². The second kappa shape index (κ2) is 81.0. The summed E-state index contributed by atoms with van der Waals surface area (Å²) in [7, 11) is 0. The molecule has 0 aromatic carbocycles. The lowest BCUT2D eigenvalue weighted by Crippen LogP contribution is -2.45. The molecule has 542 valence electrons. The van der Waals surface area contributed by atoms with Crippen LogP contribution >= 0.6 is 0 Å². The lowest BCUT2D eigenvalue weighted by molar-refractivity contribution is -0.143. The summed E-state index contributed by atoms with van der Waals surface area (Å²) in [4.78, 5) is 24.7. The van der Waals surface area contributed by atoms with Gasteiger partial charge in [0.15, 0.2) is 0 Å². The standard InChI is InChI=1S/C85H167NO5/c1-3-5-7-9-11-13-15-17-19-21-22-23-39-42-46-49-53-57-61-65-69-73-77-83(88)82(81-87)86-84(89)78-74-70-66-62-58-54-50-47-43-40-37-35-33-31-29-27-25-24-26-28-30-32-34-36-38-41-44-48-52-56-60-64-68-72-76-80-91-85(90)79-75-71-67-63-59-55-51-45-20-18-16-14-12-10-8-6-4-2/h18,20,82-83,87-88H,3-17,19,21-81H2,1-2H3,(H,86,89)/b20-18-. The van der Waals surface area contributed by atoms with E-state index in [0.29, 0.717) is 25.9 Å². The number of aliphatic hydroxyl groups is 2. The summed E-state index contributed by atoms with van der Waals surface area (Å²) in [5.41, 5.74) is 0. The molecule has 2 unspecified atom stereocenters. The molecule has 0 aliphatic carbocycles. The minimum atomic E-state index is -0.661. The first-order valence-corrected chi connectivity index (χ1v) is 42.4. The van der Waals surface area contributed by atoms with Gasteiger partial charge >= 0.3 is 5.97 Å². The van der Waals surface area contributed by atoms with Gasteiger partial charge < -0.3 is 20.3 Å². The Balaban J connectivity index is 3.30. The number of aliphatic hydroxyl groups excluding tert-OH is 2. The van der Waals surface area contributed by atoms with E-state index in [1.54, 1.807) is 0 Å². The highest BCUT2D eigenvalue weighted by Gasteiger charge is 2.20. The Kier molecular flexibility index (Phi) is 79.8. The zero-order chi connectivity index (χ0) is 65.6. The van der Waals surface area contributed by atoms with E-state index in [1.807, 2.05) is 0 Å². The maximum absolute atomic E-state index is 12.6. The number of rotatable bonds is 81. The Morgan fingerprint density at radius 3 is 0.780 bits per heavy atom. The number of amides is 1. The summed E-state index contributed by atoms with van der Waals surface area (Å²) in [6, 6.07) is -0.538. The van der Waals surface area contributed by atoms with Gasteiger partial charge in [-0.15, -0.1) is 0 Å². The predicted molar refractivity (Wildman–Crippen MR) is 403 cm³/mol. The summed E-state index contributed by atoms with van der Waals surface area (Å²) in [5, 5.41) is 23.5. The van der Waals surface area contributed by atoms with Crippen molar-refractivity contribution in [2.24, 2.45) is 0 Å². The van der Waals surface area contributed by atoms with Crippen molar-refractivity contribution in [2.75, 3.05) is 13.2 Å². The fraction of sp³-hybridized carbons (Fsp3) is 0.953. The maximum atomic E-state index is 12.6. The predicted octanol–water partition coefficient (Wildman–Crippen LogP) is 28.2. The van der Waals surface area contributed by atoms with Crippen LogP contribution in [0.1, 0.15) is 495 Å². The molecule has 0 saturated heterocycles. The van der Waals surface area contributed by atoms with Crippen LogP contribution in [-0.2, 0) is 14.3 Å².